The summed E-state index contributed by atoms with van der Waals surface area (Å²) < 4.78 is 126. The lowest BCUT2D eigenvalue weighted by Gasteiger charge is -2.10. The monoisotopic (exact) mass is 1390 g/mol. The molecule has 6 heterocycles. The molecule has 0 atom stereocenters. The average Bonchev–Trinajstić information content (AvgIpc) is 1.83. The zero-order valence-electron chi connectivity index (χ0n) is 48.6. The summed E-state index contributed by atoms with van der Waals surface area (Å²) in [7, 11) is -11.2. The van der Waals surface area contributed by atoms with Crippen LogP contribution in [-0.2, 0) is 70.3 Å². The molecule has 0 aliphatic carbocycles. The van der Waals surface area contributed by atoms with Crippen LogP contribution in [-0.4, -0.2) is 71.6 Å². The Morgan fingerprint density at radius 2 is 0.914 bits per heavy atom. The van der Waals surface area contributed by atoms with Gasteiger partial charge in [-0.05, 0) is 139 Å². The molecule has 0 unspecified atom stereocenters. The molecule has 480 valence electrons. The lowest BCUT2D eigenvalue weighted by molar-refractivity contribution is -0.137. The van der Waals surface area contributed by atoms with Crippen LogP contribution in [0.4, 0.5) is 45.6 Å². The number of halogens is 4. The number of thiazole rings is 3. The lowest BCUT2D eigenvalue weighted by atomic mass is 10.1. The molecular formula is C62H54ClF3N12O9S6. The molecule has 31 heteroatoms. The van der Waals surface area contributed by atoms with E-state index in [4.69, 9.17) is 11.6 Å². The van der Waals surface area contributed by atoms with Crippen LogP contribution in [0.15, 0.2) is 213 Å². The number of fused-ring (bicyclic) bond motifs is 3. The number of hydrogen-bond donors (Lipinski definition) is 6. The Kier molecular flexibility index (Phi) is 20.8. The summed E-state index contributed by atoms with van der Waals surface area (Å²) in [6.07, 6.45) is 4.21. The van der Waals surface area contributed by atoms with Crippen molar-refractivity contribution in [1.82, 2.24) is 28.7 Å². The number of nitrogens with one attached hydrogen (secondary N) is 6. The highest BCUT2D eigenvalue weighted by Gasteiger charge is 2.31. The molecule has 6 aromatic heterocycles. The number of sulfonamides is 3. The standard InChI is InChI=1S/C21H17F3N4O3S2.C21H20N4O3S2.C20H17ClN4O3S2/c22-21(23,24)15-2-1-14-7-10-28(18(14)13-15)11-8-19(29)26-16-3-5-17(6-4-16)33(30,31)27-20-25-9-12-32-20;1-15-14-16-4-2-3-5-19(16)25(15)12-10-20(26)23-17-6-8-18(9-7-17)30(27,28)24-21-22-11-13-29-21;21-17-2-1-3-18-16(17)8-11-25(18)12-9-19(26)23-14-4-6-15(7-5-14)30(27,28)24-20-22-10-13-29-20/h1-7,9-10,12-13H,8,11H2,(H,25,27)(H,26,29);2-9,11,13-14H,10,12H2,1H3,(H,22,24)(H,23,26);1-8,10-11,13H,9,12H2,(H,22,24)(H,23,26). The number of hydrogen-bond acceptors (Lipinski definition) is 15. The third-order valence-corrected chi connectivity index (χ3v) is 20.8. The number of nitrogens with zero attached hydrogens (tertiary/aromatic N) is 6. The van der Waals surface area contributed by atoms with Gasteiger partial charge in [0.25, 0.3) is 30.1 Å². The van der Waals surface area contributed by atoms with Crippen LogP contribution in [0.1, 0.15) is 30.5 Å². The molecule has 6 aromatic carbocycles. The van der Waals surface area contributed by atoms with Gasteiger partial charge in [0, 0.05) is 136 Å². The van der Waals surface area contributed by atoms with Crippen LogP contribution >= 0.6 is 45.6 Å². The molecular weight excluding hydrogens is 1340 g/mol. The third kappa shape index (κ3) is 17.4. The first-order valence-electron chi connectivity index (χ1n) is 27.9. The van der Waals surface area contributed by atoms with Crippen LogP contribution in [0.5, 0.6) is 0 Å². The van der Waals surface area contributed by atoms with E-state index in [2.05, 4.69) is 61.8 Å². The zero-order valence-corrected chi connectivity index (χ0v) is 54.3. The summed E-state index contributed by atoms with van der Waals surface area (Å²) in [5, 5.41) is 17.5. The number of benzene rings is 6. The number of amides is 3. The molecule has 21 nitrogen and oxygen atoms in total. The summed E-state index contributed by atoms with van der Waals surface area (Å²) in [4.78, 5) is 48.9. The molecule has 0 bridgehead atoms. The van der Waals surface area contributed by atoms with Gasteiger partial charge in [-0.25, -0.2) is 40.2 Å². The van der Waals surface area contributed by atoms with Gasteiger partial charge in [-0.3, -0.25) is 28.5 Å². The van der Waals surface area contributed by atoms with Crippen molar-refractivity contribution in [2.45, 2.75) is 66.7 Å². The van der Waals surface area contributed by atoms with Crippen LogP contribution in [0, 0.1) is 6.92 Å². The molecule has 6 N–H and O–H groups in total. The average molecular weight is 1400 g/mol. The molecule has 0 radical (unpaired) electrons. The first kappa shape index (κ1) is 66.5. The smallest absolute Gasteiger partial charge is 0.347 e. The van der Waals surface area contributed by atoms with E-state index >= 15 is 0 Å². The van der Waals surface area contributed by atoms with Crippen LogP contribution < -0.4 is 30.1 Å². The topological polar surface area (TPSA) is 279 Å². The number of alkyl halides is 3. The minimum absolute atomic E-state index is 0.00924. The predicted octanol–water partition coefficient (Wildman–Crippen LogP) is 13.8. The van der Waals surface area contributed by atoms with E-state index in [1.165, 1.54) is 95.9 Å². The normalized spacial score (nSPS) is 11.7. The number of aryl methyl sites for hydroxylation is 4. The highest BCUT2D eigenvalue weighted by Crippen LogP contribution is 2.33. The molecule has 93 heavy (non-hydrogen) atoms. The molecule has 0 aliphatic heterocycles. The molecule has 0 aliphatic rings. The Morgan fingerprint density at radius 3 is 1.37 bits per heavy atom. The summed E-state index contributed by atoms with van der Waals surface area (Å²) in [6, 6.07) is 40.6. The second-order valence-electron chi connectivity index (χ2n) is 20.3. The lowest BCUT2D eigenvalue weighted by Crippen LogP contribution is -2.15. The van der Waals surface area contributed by atoms with Crippen molar-refractivity contribution >= 4 is 159 Å². The van der Waals surface area contributed by atoms with Gasteiger partial charge in [0.05, 0.1) is 20.2 Å². The Balaban J connectivity index is 0.000000153. The fourth-order valence-electron chi connectivity index (χ4n) is 9.40. The van der Waals surface area contributed by atoms with Crippen molar-refractivity contribution in [2.75, 3.05) is 30.1 Å². The van der Waals surface area contributed by atoms with Crippen molar-refractivity contribution in [3.63, 3.8) is 0 Å². The van der Waals surface area contributed by atoms with E-state index in [1.54, 1.807) is 57.2 Å². The molecule has 0 spiro atoms. The van der Waals surface area contributed by atoms with E-state index in [9.17, 15) is 52.8 Å². The van der Waals surface area contributed by atoms with Gasteiger partial charge in [-0.15, -0.1) is 34.0 Å². The summed E-state index contributed by atoms with van der Waals surface area (Å²) in [5.74, 6) is -0.667. The van der Waals surface area contributed by atoms with E-state index in [1.807, 2.05) is 60.2 Å². The van der Waals surface area contributed by atoms with Crippen LogP contribution in [0.3, 0.4) is 0 Å². The first-order valence-corrected chi connectivity index (χ1v) is 35.3. The van der Waals surface area contributed by atoms with Gasteiger partial charge < -0.3 is 29.7 Å². The van der Waals surface area contributed by atoms with Crippen molar-refractivity contribution < 1.29 is 52.8 Å². The fraction of sp³-hybridized carbons (Fsp3) is 0.129. The SMILES string of the molecule is Cc1cc2ccccc2n1CCC(=O)Nc1ccc(S(=O)(=O)Nc2nccs2)cc1.O=C(CCn1ccc2c(Cl)cccc21)Nc1ccc(S(=O)(=O)Nc2nccs2)cc1.O=C(CCn1ccc2ccc(C(F)(F)F)cc21)Nc1ccc(S(=O)(=O)Nc2nccs2)cc1. The van der Waals surface area contributed by atoms with Gasteiger partial charge in [0.2, 0.25) is 17.7 Å². The summed E-state index contributed by atoms with van der Waals surface area (Å²) in [6.45, 7) is 3.27. The van der Waals surface area contributed by atoms with Crippen molar-refractivity contribution in [3.8, 4) is 0 Å². The van der Waals surface area contributed by atoms with Gasteiger partial charge in [-0.1, -0.05) is 41.9 Å². The predicted molar refractivity (Wildman–Crippen MR) is 358 cm³/mol. The van der Waals surface area contributed by atoms with E-state index in [0.29, 0.717) is 62.8 Å². The summed E-state index contributed by atoms with van der Waals surface area (Å²) >= 11 is 9.72. The second kappa shape index (κ2) is 29.0. The van der Waals surface area contributed by atoms with E-state index in [0.717, 1.165) is 51.0 Å². The van der Waals surface area contributed by atoms with Gasteiger partial charge >= 0.3 is 6.18 Å². The summed E-state index contributed by atoms with van der Waals surface area (Å²) in [5.41, 5.74) is 4.27. The number of anilines is 6. The quantitative estimate of drug-likeness (QED) is 0.0392. The minimum atomic E-state index is -4.45. The molecule has 0 saturated carbocycles. The largest absolute Gasteiger partial charge is 0.416 e. The Morgan fingerprint density at radius 1 is 0.484 bits per heavy atom. The molecule has 0 saturated heterocycles. The van der Waals surface area contributed by atoms with Crippen molar-refractivity contribution in [3.05, 3.63) is 215 Å². The maximum Gasteiger partial charge on any atom is 0.416 e. The highest BCUT2D eigenvalue weighted by atomic mass is 35.5. The number of aromatic nitrogens is 6. The zero-order chi connectivity index (χ0) is 65.9. The fourth-order valence-corrected chi connectivity index (χ4v) is 15.0. The Hall–Kier alpha value is -9.43. The number of rotatable bonds is 21. The number of carbonyl (C=O) groups is 3. The molecule has 3 amide bonds. The van der Waals surface area contributed by atoms with E-state index in [-0.39, 0.29) is 56.9 Å². The Labute approximate surface area is 548 Å². The van der Waals surface area contributed by atoms with Gasteiger partial charge in [-0.2, -0.15) is 13.2 Å². The van der Waals surface area contributed by atoms with Crippen molar-refractivity contribution in [2.24, 2.45) is 0 Å². The van der Waals surface area contributed by atoms with Gasteiger partial charge in [0.15, 0.2) is 15.4 Å². The van der Waals surface area contributed by atoms with Crippen molar-refractivity contribution in [1.29, 1.82) is 0 Å². The molecule has 12 aromatic rings. The number of carbonyl (C=O) groups excluding carboxylic acids is 3. The maximum atomic E-state index is 13.0. The maximum absolute atomic E-state index is 13.0. The number of para-hydroxylation sites is 1. The molecule has 12 rings (SSSR count). The minimum Gasteiger partial charge on any atom is -0.347 e. The van der Waals surface area contributed by atoms with Crippen LogP contribution in [0.25, 0.3) is 32.7 Å². The second-order valence-corrected chi connectivity index (χ2v) is 28.4. The highest BCUT2D eigenvalue weighted by molar-refractivity contribution is 7.93. The van der Waals surface area contributed by atoms with E-state index < -0.39 is 41.8 Å². The van der Waals surface area contributed by atoms with Gasteiger partial charge in [0.1, 0.15) is 0 Å². The first-order chi connectivity index (χ1) is 44.5. The molecule has 0 fully saturated rings. The third-order valence-electron chi connectivity index (χ3n) is 13.9. The Bertz CT molecular complexity index is 4940. The van der Waals surface area contributed by atoms with Crippen LogP contribution in [0.2, 0.25) is 5.02 Å².